The third-order valence-corrected chi connectivity index (χ3v) is 3.37. The van der Waals surface area contributed by atoms with E-state index in [9.17, 15) is 4.79 Å². The summed E-state index contributed by atoms with van der Waals surface area (Å²) in [5, 5.41) is 9.84. The first-order valence-electron chi connectivity index (χ1n) is 6.13. The molecular weight excluding hydrogens is 216 g/mol. The summed E-state index contributed by atoms with van der Waals surface area (Å²) in [7, 11) is 1.82. The van der Waals surface area contributed by atoms with Crippen molar-refractivity contribution in [3.05, 3.63) is 12.4 Å². The number of hydrogen-bond donors (Lipinski definition) is 2. The van der Waals surface area contributed by atoms with Crippen molar-refractivity contribution in [1.82, 2.24) is 15.1 Å². The number of carbonyl (C=O) groups excluding carboxylic acids is 1. The summed E-state index contributed by atoms with van der Waals surface area (Å²) in [4.78, 5) is 11.9. The number of aromatic nitrogens is 2. The fraction of sp³-hybridized carbons (Fsp3) is 0.667. The fourth-order valence-corrected chi connectivity index (χ4v) is 1.90. The molecular formula is C12H22N4O. The Balaban J connectivity index is 2.59. The van der Waals surface area contributed by atoms with Crippen LogP contribution in [0.15, 0.2) is 12.4 Å². The summed E-state index contributed by atoms with van der Waals surface area (Å²) in [6.45, 7) is 6.28. The van der Waals surface area contributed by atoms with E-state index >= 15 is 0 Å². The van der Waals surface area contributed by atoms with Gasteiger partial charge in [-0.1, -0.05) is 20.8 Å². The maximum absolute atomic E-state index is 11.9. The summed E-state index contributed by atoms with van der Waals surface area (Å²) in [5.74, 6) is 0. The number of urea groups is 1. The summed E-state index contributed by atoms with van der Waals surface area (Å²) >= 11 is 0. The van der Waals surface area contributed by atoms with E-state index in [0.29, 0.717) is 5.69 Å². The van der Waals surface area contributed by atoms with Crippen molar-refractivity contribution in [1.29, 1.82) is 0 Å². The maximum Gasteiger partial charge on any atom is 0.319 e. The lowest BCUT2D eigenvalue weighted by Gasteiger charge is -2.31. The van der Waals surface area contributed by atoms with Crippen LogP contribution in [0.5, 0.6) is 0 Å². The lowest BCUT2D eigenvalue weighted by molar-refractivity contribution is 0.229. The van der Waals surface area contributed by atoms with Gasteiger partial charge in [0.05, 0.1) is 11.9 Å². The van der Waals surface area contributed by atoms with Gasteiger partial charge in [0, 0.05) is 18.8 Å². The molecule has 5 nitrogen and oxygen atoms in total. The van der Waals surface area contributed by atoms with Crippen LogP contribution in [0.4, 0.5) is 10.5 Å². The zero-order valence-electron chi connectivity index (χ0n) is 11.1. The smallest absolute Gasteiger partial charge is 0.319 e. The average molecular weight is 238 g/mol. The molecule has 1 aromatic heterocycles. The summed E-state index contributed by atoms with van der Waals surface area (Å²) in [6.07, 6.45) is 6.19. The Hall–Kier alpha value is -1.52. The van der Waals surface area contributed by atoms with E-state index < -0.39 is 0 Å². The lowest BCUT2D eigenvalue weighted by atomic mass is 9.90. The maximum atomic E-state index is 11.9. The number of carbonyl (C=O) groups is 1. The second-order valence-electron chi connectivity index (χ2n) is 4.32. The number of amides is 2. The molecule has 0 radical (unpaired) electrons. The highest BCUT2D eigenvalue weighted by Gasteiger charge is 2.25. The lowest BCUT2D eigenvalue weighted by Crippen LogP contribution is -2.48. The zero-order valence-corrected chi connectivity index (χ0v) is 11.1. The molecule has 17 heavy (non-hydrogen) atoms. The van der Waals surface area contributed by atoms with E-state index in [1.807, 2.05) is 7.05 Å². The Labute approximate surface area is 103 Å². The van der Waals surface area contributed by atoms with Crippen LogP contribution in [-0.4, -0.2) is 21.4 Å². The molecule has 0 spiro atoms. The van der Waals surface area contributed by atoms with Crippen molar-refractivity contribution < 1.29 is 4.79 Å². The quantitative estimate of drug-likeness (QED) is 0.828. The monoisotopic (exact) mass is 238 g/mol. The van der Waals surface area contributed by atoms with E-state index in [1.165, 1.54) is 0 Å². The minimum atomic E-state index is -0.163. The molecule has 96 valence electrons. The SMILES string of the molecule is CCC(CC)(CC)NC(=O)Nc1cnn(C)c1. The van der Waals surface area contributed by atoms with Crippen LogP contribution in [0, 0.1) is 0 Å². The Morgan fingerprint density at radius 1 is 1.35 bits per heavy atom. The van der Waals surface area contributed by atoms with Gasteiger partial charge < -0.3 is 10.6 Å². The van der Waals surface area contributed by atoms with Crippen molar-refractivity contribution in [3.8, 4) is 0 Å². The molecule has 0 aliphatic carbocycles. The van der Waals surface area contributed by atoms with Gasteiger partial charge in [0.15, 0.2) is 0 Å². The van der Waals surface area contributed by atoms with Crippen LogP contribution in [0.25, 0.3) is 0 Å². The molecule has 1 rings (SSSR count). The molecule has 0 bridgehead atoms. The van der Waals surface area contributed by atoms with Gasteiger partial charge in [-0.15, -0.1) is 0 Å². The molecule has 0 unspecified atom stereocenters. The Bertz CT molecular complexity index is 360. The Kier molecular flexibility index (Phi) is 4.54. The first kappa shape index (κ1) is 13.5. The summed E-state index contributed by atoms with van der Waals surface area (Å²) in [6, 6.07) is -0.163. The second-order valence-corrected chi connectivity index (χ2v) is 4.32. The van der Waals surface area contributed by atoms with Gasteiger partial charge >= 0.3 is 6.03 Å². The fourth-order valence-electron chi connectivity index (χ4n) is 1.90. The van der Waals surface area contributed by atoms with Gasteiger partial charge in [0.1, 0.15) is 0 Å². The van der Waals surface area contributed by atoms with Crippen LogP contribution in [0.3, 0.4) is 0 Å². The van der Waals surface area contributed by atoms with Crippen LogP contribution in [0.1, 0.15) is 40.0 Å². The number of nitrogens with one attached hydrogen (secondary N) is 2. The third kappa shape index (κ3) is 3.47. The highest BCUT2D eigenvalue weighted by Crippen LogP contribution is 2.19. The molecule has 0 saturated heterocycles. The van der Waals surface area contributed by atoms with Crippen molar-refractivity contribution in [3.63, 3.8) is 0 Å². The van der Waals surface area contributed by atoms with Gasteiger partial charge in [0.2, 0.25) is 0 Å². The average Bonchev–Trinajstić information content (AvgIpc) is 2.72. The molecule has 1 heterocycles. The molecule has 5 heteroatoms. The molecule has 0 aromatic carbocycles. The minimum absolute atomic E-state index is 0.105. The minimum Gasteiger partial charge on any atom is -0.332 e. The largest absolute Gasteiger partial charge is 0.332 e. The van der Waals surface area contributed by atoms with Crippen molar-refractivity contribution in [2.75, 3.05) is 5.32 Å². The number of nitrogens with zero attached hydrogens (tertiary/aromatic N) is 2. The molecule has 0 aliphatic heterocycles. The first-order chi connectivity index (χ1) is 8.05. The molecule has 0 fully saturated rings. The highest BCUT2D eigenvalue weighted by atomic mass is 16.2. The Morgan fingerprint density at radius 3 is 2.35 bits per heavy atom. The Morgan fingerprint density at radius 2 is 1.94 bits per heavy atom. The van der Waals surface area contributed by atoms with Gasteiger partial charge in [-0.2, -0.15) is 5.10 Å². The molecule has 2 amide bonds. The van der Waals surface area contributed by atoms with E-state index in [4.69, 9.17) is 0 Å². The topological polar surface area (TPSA) is 59.0 Å². The molecule has 0 saturated carbocycles. The molecule has 0 atom stereocenters. The van der Waals surface area contributed by atoms with E-state index in [-0.39, 0.29) is 11.6 Å². The predicted octanol–water partition coefficient (Wildman–Crippen LogP) is 2.51. The van der Waals surface area contributed by atoms with E-state index in [0.717, 1.165) is 19.3 Å². The number of hydrogen-bond acceptors (Lipinski definition) is 2. The van der Waals surface area contributed by atoms with Crippen LogP contribution in [-0.2, 0) is 7.05 Å². The predicted molar refractivity (Wildman–Crippen MR) is 69.0 cm³/mol. The van der Waals surface area contributed by atoms with Crippen molar-refractivity contribution in [2.45, 2.75) is 45.6 Å². The summed E-state index contributed by atoms with van der Waals surface area (Å²) < 4.78 is 1.66. The highest BCUT2D eigenvalue weighted by molar-refractivity contribution is 5.89. The van der Waals surface area contributed by atoms with E-state index in [2.05, 4.69) is 36.5 Å². The van der Waals surface area contributed by atoms with Crippen LogP contribution in [0.2, 0.25) is 0 Å². The van der Waals surface area contributed by atoms with Crippen molar-refractivity contribution >= 4 is 11.7 Å². The number of anilines is 1. The van der Waals surface area contributed by atoms with Gasteiger partial charge in [-0.05, 0) is 19.3 Å². The molecule has 2 N–H and O–H groups in total. The zero-order chi connectivity index (χ0) is 12.9. The first-order valence-corrected chi connectivity index (χ1v) is 6.13. The van der Waals surface area contributed by atoms with Crippen LogP contribution < -0.4 is 10.6 Å². The third-order valence-electron chi connectivity index (χ3n) is 3.37. The van der Waals surface area contributed by atoms with Gasteiger partial charge in [0.25, 0.3) is 0 Å². The van der Waals surface area contributed by atoms with E-state index in [1.54, 1.807) is 17.1 Å². The number of rotatable bonds is 5. The standard InChI is InChI=1S/C12H22N4O/c1-5-12(6-2,7-3)15-11(17)14-10-8-13-16(4)9-10/h8-9H,5-7H2,1-4H3,(H2,14,15,17). The molecule has 0 aliphatic rings. The number of aryl methyl sites for hydroxylation is 1. The van der Waals surface area contributed by atoms with Gasteiger partial charge in [-0.25, -0.2) is 4.79 Å². The summed E-state index contributed by atoms with van der Waals surface area (Å²) in [5.41, 5.74) is 0.606. The van der Waals surface area contributed by atoms with Gasteiger partial charge in [-0.3, -0.25) is 4.68 Å². The van der Waals surface area contributed by atoms with Crippen LogP contribution >= 0.6 is 0 Å². The van der Waals surface area contributed by atoms with Crippen molar-refractivity contribution in [2.24, 2.45) is 7.05 Å². The molecule has 1 aromatic rings. The second kappa shape index (κ2) is 5.70. The normalized spacial score (nSPS) is 11.3.